The van der Waals surface area contributed by atoms with Crippen LogP contribution >= 0.6 is 11.6 Å². The summed E-state index contributed by atoms with van der Waals surface area (Å²) in [5, 5.41) is 7.89. The summed E-state index contributed by atoms with van der Waals surface area (Å²) < 4.78 is 5.16. The summed E-state index contributed by atoms with van der Waals surface area (Å²) in [5.41, 5.74) is 9.16. The Balaban J connectivity index is 0. The smallest absolute Gasteiger partial charge is 0.158 e. The maximum atomic E-state index is 11.8. The summed E-state index contributed by atoms with van der Waals surface area (Å²) in [6, 6.07) is 0.233. The molecule has 0 amide bonds. The van der Waals surface area contributed by atoms with Gasteiger partial charge in [0.15, 0.2) is 5.78 Å². The van der Waals surface area contributed by atoms with Crippen molar-refractivity contribution in [1.29, 1.82) is 5.41 Å². The van der Waals surface area contributed by atoms with Crippen LogP contribution in [0.2, 0.25) is 0 Å². The maximum Gasteiger partial charge on any atom is 0.158 e. The van der Waals surface area contributed by atoms with Gasteiger partial charge in [0.2, 0.25) is 0 Å². The van der Waals surface area contributed by atoms with Crippen LogP contribution < -0.4 is 5.73 Å². The molecule has 0 heterocycles. The molecule has 0 rings (SSSR count). The molecule has 202 valence electrons. The van der Waals surface area contributed by atoms with Crippen molar-refractivity contribution in [3.05, 3.63) is 48.8 Å². The summed E-state index contributed by atoms with van der Waals surface area (Å²) >= 11 is 6.37. The van der Waals surface area contributed by atoms with Crippen molar-refractivity contribution in [1.82, 2.24) is 9.80 Å². The highest BCUT2D eigenvalue weighted by Crippen LogP contribution is 2.16. The van der Waals surface area contributed by atoms with Crippen LogP contribution in [0.15, 0.2) is 48.8 Å². The minimum atomic E-state index is -0.332. The van der Waals surface area contributed by atoms with Gasteiger partial charge in [0, 0.05) is 31.3 Å². The van der Waals surface area contributed by atoms with E-state index in [4.69, 9.17) is 27.5 Å². The van der Waals surface area contributed by atoms with Crippen LogP contribution in [0, 0.1) is 5.41 Å². The van der Waals surface area contributed by atoms with Gasteiger partial charge < -0.3 is 15.9 Å². The zero-order valence-corrected chi connectivity index (χ0v) is 24.1. The number of allylic oxidation sites excluding steroid dienone is 3. The number of hydrogen-bond acceptors (Lipinski definition) is 6. The molecular weight excluding hydrogens is 460 g/mol. The van der Waals surface area contributed by atoms with Crippen molar-refractivity contribution in [2.75, 3.05) is 19.7 Å². The average Bonchev–Trinajstić information content (AvgIpc) is 2.76. The number of nitrogens with two attached hydrogens (primary N) is 1. The highest BCUT2D eigenvalue weighted by atomic mass is 35.5. The summed E-state index contributed by atoms with van der Waals surface area (Å²) in [4.78, 5) is 16.0. The van der Waals surface area contributed by atoms with Crippen molar-refractivity contribution < 1.29 is 9.53 Å². The van der Waals surface area contributed by atoms with Crippen molar-refractivity contribution >= 4 is 23.1 Å². The van der Waals surface area contributed by atoms with Crippen molar-refractivity contribution in [3.63, 3.8) is 0 Å². The molecule has 0 radical (unpaired) electrons. The first-order valence-electron chi connectivity index (χ1n) is 12.5. The first-order valence-corrected chi connectivity index (χ1v) is 12.9. The Morgan fingerprint density at radius 1 is 0.943 bits per heavy atom. The van der Waals surface area contributed by atoms with Gasteiger partial charge in [-0.25, -0.2) is 0 Å². The van der Waals surface area contributed by atoms with Gasteiger partial charge in [-0.3, -0.25) is 14.6 Å². The normalized spacial score (nSPS) is 12.6. The monoisotopic (exact) mass is 510 g/mol. The fourth-order valence-corrected chi connectivity index (χ4v) is 3.26. The largest absolute Gasteiger partial charge is 0.494 e. The van der Waals surface area contributed by atoms with Gasteiger partial charge >= 0.3 is 0 Å². The number of rotatable bonds is 18. The predicted molar refractivity (Wildman–Crippen MR) is 153 cm³/mol. The Morgan fingerprint density at radius 2 is 1.46 bits per heavy atom. The SMILES string of the molecule is C=C(C)C(=C)OCCC.C=C(C)C(=N)CCCN(C(C)Cl)C(N)N(CCCC(=O)C(=C)C)C(C)C. The van der Waals surface area contributed by atoms with E-state index in [1.807, 2.05) is 25.7 Å². The van der Waals surface area contributed by atoms with Gasteiger partial charge in [-0.2, -0.15) is 0 Å². The fourth-order valence-electron chi connectivity index (χ4n) is 3.04. The lowest BCUT2D eigenvalue weighted by Gasteiger charge is -2.41. The molecule has 0 bridgehead atoms. The minimum Gasteiger partial charge on any atom is -0.494 e. The summed E-state index contributed by atoms with van der Waals surface area (Å²) in [5.74, 6) is 0.806. The Labute approximate surface area is 220 Å². The van der Waals surface area contributed by atoms with E-state index < -0.39 is 0 Å². The zero-order valence-electron chi connectivity index (χ0n) is 23.4. The Hall–Kier alpha value is -1.73. The van der Waals surface area contributed by atoms with Crippen LogP contribution in [0.4, 0.5) is 0 Å². The van der Waals surface area contributed by atoms with Crippen LogP contribution in [0.25, 0.3) is 0 Å². The molecule has 0 spiro atoms. The number of carbonyl (C=O) groups excluding carboxylic acids is 1. The summed E-state index contributed by atoms with van der Waals surface area (Å²) in [6.07, 6.45) is 3.38. The Bertz CT molecular complexity index is 672. The predicted octanol–water partition coefficient (Wildman–Crippen LogP) is 6.63. The van der Waals surface area contributed by atoms with Gasteiger partial charge in [0.05, 0.1) is 12.1 Å². The maximum absolute atomic E-state index is 11.8. The molecule has 7 heteroatoms. The molecule has 0 aliphatic carbocycles. The van der Waals surface area contributed by atoms with Gasteiger partial charge in [0.25, 0.3) is 0 Å². The minimum absolute atomic E-state index is 0.100. The van der Waals surface area contributed by atoms with Crippen LogP contribution in [0.5, 0.6) is 0 Å². The van der Waals surface area contributed by atoms with Crippen molar-refractivity contribution in [3.8, 4) is 0 Å². The topological polar surface area (TPSA) is 82.7 Å². The van der Waals surface area contributed by atoms with E-state index in [1.165, 1.54) is 0 Å². The molecule has 2 unspecified atom stereocenters. The number of nitrogens with one attached hydrogen (secondary N) is 1. The van der Waals surface area contributed by atoms with Crippen LogP contribution in [-0.4, -0.2) is 58.8 Å². The second-order valence-electron chi connectivity index (χ2n) is 9.28. The second-order valence-corrected chi connectivity index (χ2v) is 9.91. The molecule has 35 heavy (non-hydrogen) atoms. The van der Waals surface area contributed by atoms with E-state index in [1.54, 1.807) is 6.92 Å². The lowest BCUT2D eigenvalue weighted by molar-refractivity contribution is -0.115. The third-order valence-electron chi connectivity index (χ3n) is 5.41. The molecule has 0 aliphatic rings. The lowest BCUT2D eigenvalue weighted by Crippen LogP contribution is -2.58. The Morgan fingerprint density at radius 3 is 1.86 bits per heavy atom. The average molecular weight is 511 g/mol. The standard InChI is InChI=1S/C20H37ClN4O.C8H14O/c1-14(2)18(22)10-8-13-25(17(7)21)20(23)24(16(5)6)12-9-11-19(26)15(3)4;1-5-6-9-8(4)7(2)3/h16-17,20,22H,1,3,8-13,23H2,2,4-7H3;2,4-6H2,1,3H3. The third-order valence-corrected chi connectivity index (χ3v) is 5.66. The molecule has 2 atom stereocenters. The summed E-state index contributed by atoms with van der Waals surface area (Å²) in [6.45, 7) is 30.7. The number of ether oxygens (including phenoxy) is 1. The molecule has 0 aromatic carbocycles. The van der Waals surface area contributed by atoms with Gasteiger partial charge in [0.1, 0.15) is 12.0 Å². The molecule has 0 saturated carbocycles. The number of alkyl halides is 1. The molecule has 3 N–H and O–H groups in total. The number of carbonyl (C=O) groups is 1. The first-order chi connectivity index (χ1) is 16.2. The first kappa shape index (κ1) is 35.4. The van der Waals surface area contributed by atoms with Crippen molar-refractivity contribution in [2.24, 2.45) is 5.73 Å². The van der Waals surface area contributed by atoms with Crippen LogP contribution in [-0.2, 0) is 9.53 Å². The lowest BCUT2D eigenvalue weighted by atomic mass is 10.1. The van der Waals surface area contributed by atoms with E-state index in [2.05, 4.69) is 52.0 Å². The Kier molecular flexibility index (Phi) is 19.7. The number of halogens is 1. The van der Waals surface area contributed by atoms with E-state index in [0.29, 0.717) is 36.4 Å². The third kappa shape index (κ3) is 16.5. The highest BCUT2D eigenvalue weighted by molar-refractivity contribution is 6.20. The second kappa shape index (κ2) is 19.5. The van der Waals surface area contributed by atoms with Crippen LogP contribution in [0.1, 0.15) is 80.6 Å². The molecule has 6 nitrogen and oxygen atoms in total. The number of hydrogen-bond donors (Lipinski definition) is 2. The van der Waals surface area contributed by atoms with E-state index >= 15 is 0 Å². The molecule has 0 aromatic rings. The van der Waals surface area contributed by atoms with Crippen molar-refractivity contribution in [2.45, 2.75) is 98.4 Å². The van der Waals surface area contributed by atoms with Gasteiger partial charge in [-0.15, -0.1) is 11.6 Å². The zero-order chi connectivity index (χ0) is 27.7. The van der Waals surface area contributed by atoms with E-state index in [-0.39, 0.29) is 23.6 Å². The summed E-state index contributed by atoms with van der Waals surface area (Å²) in [7, 11) is 0. The number of nitrogens with zero attached hydrogens (tertiary/aromatic N) is 2. The van der Waals surface area contributed by atoms with E-state index in [0.717, 1.165) is 43.6 Å². The number of ketones is 1. The quantitative estimate of drug-likeness (QED) is 0.0411. The molecule has 0 saturated heterocycles. The number of Topliss-reactive ketones (excluding diaryl/α,β-unsaturated/α-hetero) is 1. The molecule has 0 aromatic heterocycles. The van der Waals surface area contributed by atoms with E-state index in [9.17, 15) is 4.79 Å². The van der Waals surface area contributed by atoms with Crippen LogP contribution in [0.3, 0.4) is 0 Å². The molecule has 0 fully saturated rings. The van der Waals surface area contributed by atoms with Gasteiger partial charge in [-0.1, -0.05) is 33.2 Å². The van der Waals surface area contributed by atoms with Gasteiger partial charge in [-0.05, 0) is 83.9 Å². The molecule has 0 aliphatic heterocycles. The molecular formula is C28H51ClN4O2. The highest BCUT2D eigenvalue weighted by Gasteiger charge is 2.26. The fraction of sp³-hybridized carbons (Fsp3) is 0.643.